The minimum atomic E-state index is -0.120. The van der Waals surface area contributed by atoms with Crippen molar-refractivity contribution in [1.82, 2.24) is 5.32 Å². The summed E-state index contributed by atoms with van der Waals surface area (Å²) in [7, 11) is 3.19. The van der Waals surface area contributed by atoms with Gasteiger partial charge >= 0.3 is 0 Å². The summed E-state index contributed by atoms with van der Waals surface area (Å²) >= 11 is 0. The Morgan fingerprint density at radius 3 is 2.83 bits per heavy atom. The van der Waals surface area contributed by atoms with Gasteiger partial charge < -0.3 is 19.5 Å². The van der Waals surface area contributed by atoms with Gasteiger partial charge in [0.25, 0.3) is 0 Å². The average Bonchev–Trinajstić information content (AvgIpc) is 3.40. The molecule has 5 heteroatoms. The summed E-state index contributed by atoms with van der Waals surface area (Å²) in [5.41, 5.74) is 0.830. The molecule has 23 heavy (non-hydrogen) atoms. The summed E-state index contributed by atoms with van der Waals surface area (Å²) in [6, 6.07) is 5.47. The van der Waals surface area contributed by atoms with E-state index < -0.39 is 0 Å². The molecule has 1 aliphatic rings. The lowest BCUT2D eigenvalue weighted by Gasteiger charge is -2.07. The maximum Gasteiger partial charge on any atom is 0.244 e. The molecule has 1 aliphatic carbocycles. The summed E-state index contributed by atoms with van der Waals surface area (Å²) in [5, 5.41) is 2.85. The van der Waals surface area contributed by atoms with Crippen LogP contribution in [0.3, 0.4) is 0 Å². The third-order valence-electron chi connectivity index (χ3n) is 3.67. The Morgan fingerprint density at radius 2 is 2.13 bits per heavy atom. The third-order valence-corrected chi connectivity index (χ3v) is 3.67. The maximum absolute atomic E-state index is 11.8. The van der Waals surface area contributed by atoms with Gasteiger partial charge in [-0.3, -0.25) is 4.79 Å². The fourth-order valence-corrected chi connectivity index (χ4v) is 2.10. The first-order chi connectivity index (χ1) is 11.2. The molecule has 0 atom stereocenters. The lowest BCUT2D eigenvalue weighted by atomic mass is 10.1. The van der Waals surface area contributed by atoms with E-state index in [2.05, 4.69) is 5.32 Å². The predicted molar refractivity (Wildman–Crippen MR) is 89.7 cm³/mol. The minimum absolute atomic E-state index is 0.120. The number of rotatable bonds is 10. The Hall–Kier alpha value is -2.01. The summed E-state index contributed by atoms with van der Waals surface area (Å²) in [6.45, 7) is 2.19. The van der Waals surface area contributed by atoms with Crippen LogP contribution in [0, 0.1) is 5.92 Å². The van der Waals surface area contributed by atoms with Crippen LogP contribution in [-0.2, 0) is 9.53 Å². The van der Waals surface area contributed by atoms with E-state index in [1.165, 1.54) is 18.9 Å². The molecule has 2 rings (SSSR count). The molecule has 1 saturated carbocycles. The van der Waals surface area contributed by atoms with E-state index in [1.54, 1.807) is 26.4 Å². The number of hydrogen-bond donors (Lipinski definition) is 1. The molecule has 0 spiro atoms. The molecule has 1 aromatic carbocycles. The molecule has 1 fully saturated rings. The van der Waals surface area contributed by atoms with Gasteiger partial charge in [-0.05, 0) is 43.4 Å². The van der Waals surface area contributed by atoms with Gasteiger partial charge in [0.2, 0.25) is 5.91 Å². The van der Waals surface area contributed by atoms with Gasteiger partial charge in [-0.1, -0.05) is 0 Å². The molecule has 1 amide bonds. The monoisotopic (exact) mass is 319 g/mol. The fourth-order valence-electron chi connectivity index (χ4n) is 2.10. The quantitative estimate of drug-likeness (QED) is 0.532. The Bertz CT molecular complexity index is 538. The normalized spacial score (nSPS) is 14.0. The van der Waals surface area contributed by atoms with Crippen molar-refractivity contribution in [3.05, 3.63) is 29.8 Å². The first kappa shape index (κ1) is 17.3. The Kier molecular flexibility index (Phi) is 6.94. The van der Waals surface area contributed by atoms with E-state index in [0.29, 0.717) is 18.9 Å². The van der Waals surface area contributed by atoms with E-state index in [0.717, 1.165) is 30.3 Å². The van der Waals surface area contributed by atoms with Crippen LogP contribution in [0.4, 0.5) is 0 Å². The predicted octanol–water partition coefficient (Wildman–Crippen LogP) is 2.65. The van der Waals surface area contributed by atoms with E-state index in [1.807, 2.05) is 12.1 Å². The molecule has 0 aromatic heterocycles. The van der Waals surface area contributed by atoms with Crippen molar-refractivity contribution in [2.75, 3.05) is 34.0 Å². The van der Waals surface area contributed by atoms with Crippen molar-refractivity contribution in [3.8, 4) is 11.5 Å². The van der Waals surface area contributed by atoms with Crippen LogP contribution in [0.5, 0.6) is 11.5 Å². The Labute approximate surface area is 137 Å². The SMILES string of the molecule is COc1ccc(/C=C/C(=O)NCCCOCC2CC2)c(OC)c1. The second-order valence-electron chi connectivity index (χ2n) is 5.60. The third kappa shape index (κ3) is 6.32. The highest BCUT2D eigenvalue weighted by atomic mass is 16.5. The van der Waals surface area contributed by atoms with Gasteiger partial charge in [-0.25, -0.2) is 0 Å². The van der Waals surface area contributed by atoms with Gasteiger partial charge in [0.05, 0.1) is 14.2 Å². The average molecular weight is 319 g/mol. The zero-order chi connectivity index (χ0) is 16.5. The number of hydrogen-bond acceptors (Lipinski definition) is 4. The van der Waals surface area contributed by atoms with E-state index in [-0.39, 0.29) is 5.91 Å². The number of carbonyl (C=O) groups excluding carboxylic acids is 1. The number of ether oxygens (including phenoxy) is 3. The van der Waals surface area contributed by atoms with Crippen LogP contribution in [0.15, 0.2) is 24.3 Å². The van der Waals surface area contributed by atoms with Gasteiger partial charge in [0.1, 0.15) is 11.5 Å². The van der Waals surface area contributed by atoms with Crippen LogP contribution in [0.1, 0.15) is 24.8 Å². The van der Waals surface area contributed by atoms with Gasteiger partial charge in [0, 0.05) is 37.5 Å². The van der Waals surface area contributed by atoms with Gasteiger partial charge in [0.15, 0.2) is 0 Å². The molecule has 0 aliphatic heterocycles. The Balaban J connectivity index is 1.69. The molecule has 0 radical (unpaired) electrons. The molecular weight excluding hydrogens is 294 g/mol. The van der Waals surface area contributed by atoms with Crippen LogP contribution in [0.25, 0.3) is 6.08 Å². The van der Waals surface area contributed by atoms with Crippen LogP contribution >= 0.6 is 0 Å². The number of amides is 1. The first-order valence-corrected chi connectivity index (χ1v) is 7.98. The standard InChI is InChI=1S/C18H25NO4/c1-21-16-8-6-15(17(12-16)22-2)7-9-18(20)19-10-3-11-23-13-14-4-5-14/h6-9,12,14H,3-5,10-11,13H2,1-2H3,(H,19,20)/b9-7+. The second kappa shape index (κ2) is 9.20. The van der Waals surface area contributed by atoms with Crippen LogP contribution in [-0.4, -0.2) is 39.9 Å². The van der Waals surface area contributed by atoms with E-state index in [4.69, 9.17) is 14.2 Å². The number of nitrogens with one attached hydrogen (secondary N) is 1. The van der Waals surface area contributed by atoms with Crippen LogP contribution < -0.4 is 14.8 Å². The summed E-state index contributed by atoms with van der Waals surface area (Å²) in [5.74, 6) is 2.05. The molecule has 5 nitrogen and oxygen atoms in total. The Morgan fingerprint density at radius 1 is 1.30 bits per heavy atom. The van der Waals surface area contributed by atoms with Gasteiger partial charge in [-0.2, -0.15) is 0 Å². The summed E-state index contributed by atoms with van der Waals surface area (Å²) in [6.07, 6.45) is 6.68. The highest BCUT2D eigenvalue weighted by Crippen LogP contribution is 2.28. The lowest BCUT2D eigenvalue weighted by Crippen LogP contribution is -2.23. The zero-order valence-corrected chi connectivity index (χ0v) is 13.8. The number of carbonyl (C=O) groups is 1. The van der Waals surface area contributed by atoms with E-state index in [9.17, 15) is 4.79 Å². The smallest absolute Gasteiger partial charge is 0.244 e. The van der Waals surface area contributed by atoms with Gasteiger partial charge in [-0.15, -0.1) is 0 Å². The fraction of sp³-hybridized carbons (Fsp3) is 0.500. The molecule has 0 heterocycles. The summed E-state index contributed by atoms with van der Waals surface area (Å²) in [4.78, 5) is 11.8. The molecular formula is C18H25NO4. The first-order valence-electron chi connectivity index (χ1n) is 7.98. The topological polar surface area (TPSA) is 56.8 Å². The van der Waals surface area contributed by atoms with Crippen molar-refractivity contribution in [1.29, 1.82) is 0 Å². The molecule has 1 aromatic rings. The van der Waals surface area contributed by atoms with Crippen molar-refractivity contribution in [2.24, 2.45) is 5.92 Å². The van der Waals surface area contributed by atoms with Crippen LogP contribution in [0.2, 0.25) is 0 Å². The minimum Gasteiger partial charge on any atom is -0.497 e. The number of methoxy groups -OCH3 is 2. The lowest BCUT2D eigenvalue weighted by molar-refractivity contribution is -0.116. The van der Waals surface area contributed by atoms with Crippen molar-refractivity contribution < 1.29 is 19.0 Å². The zero-order valence-electron chi connectivity index (χ0n) is 13.8. The largest absolute Gasteiger partial charge is 0.497 e. The highest BCUT2D eigenvalue weighted by Gasteiger charge is 2.20. The van der Waals surface area contributed by atoms with Crippen molar-refractivity contribution in [3.63, 3.8) is 0 Å². The summed E-state index contributed by atoms with van der Waals surface area (Å²) < 4.78 is 16.0. The van der Waals surface area contributed by atoms with E-state index >= 15 is 0 Å². The van der Waals surface area contributed by atoms with Crippen molar-refractivity contribution in [2.45, 2.75) is 19.3 Å². The molecule has 0 bridgehead atoms. The molecule has 0 saturated heterocycles. The second-order valence-corrected chi connectivity index (χ2v) is 5.60. The maximum atomic E-state index is 11.8. The molecule has 1 N–H and O–H groups in total. The molecule has 126 valence electrons. The molecule has 0 unspecified atom stereocenters. The van der Waals surface area contributed by atoms with Crippen molar-refractivity contribution >= 4 is 12.0 Å². The number of benzene rings is 1. The highest BCUT2D eigenvalue weighted by molar-refractivity contribution is 5.92.